The van der Waals surface area contributed by atoms with Crippen LogP contribution >= 0.6 is 23.2 Å². The summed E-state index contributed by atoms with van der Waals surface area (Å²) in [6.45, 7) is 4.99. The van der Waals surface area contributed by atoms with Crippen LogP contribution in [0.25, 0.3) is 0 Å². The molecule has 2 heterocycles. The molecule has 2 aromatic rings. The van der Waals surface area contributed by atoms with Crippen molar-refractivity contribution >= 4 is 29.2 Å². The van der Waals surface area contributed by atoms with Crippen molar-refractivity contribution in [1.82, 2.24) is 19.6 Å². The molecule has 1 N–H and O–H groups in total. The molecule has 0 bridgehead atoms. The number of aliphatic hydroxyl groups is 1. The number of piperazine rings is 1. The summed E-state index contributed by atoms with van der Waals surface area (Å²) < 4.78 is 52.9. The molecule has 0 radical (unpaired) electrons. The van der Waals surface area contributed by atoms with E-state index in [-0.39, 0.29) is 31.0 Å². The van der Waals surface area contributed by atoms with Crippen LogP contribution in [0.15, 0.2) is 36.4 Å². The number of halogens is 6. The number of amides is 2. The average molecular weight is 591 g/mol. The van der Waals surface area contributed by atoms with Gasteiger partial charge in [-0.1, -0.05) is 35.3 Å². The van der Waals surface area contributed by atoms with Gasteiger partial charge in [0.1, 0.15) is 5.82 Å². The van der Waals surface area contributed by atoms with Crippen LogP contribution in [0.1, 0.15) is 22.6 Å². The number of alkyl halides is 3. The molecule has 39 heavy (non-hydrogen) atoms. The Hall–Kier alpha value is -2.11. The van der Waals surface area contributed by atoms with Gasteiger partial charge in [0, 0.05) is 64.8 Å². The molecule has 2 aliphatic rings. The highest BCUT2D eigenvalue weighted by atomic mass is 35.5. The van der Waals surface area contributed by atoms with E-state index < -0.39 is 17.6 Å². The Balaban J connectivity index is 1.47. The Kier molecular flexibility index (Phi) is 9.65. The fraction of sp³-hybridized carbons (Fsp3) is 0.519. The van der Waals surface area contributed by atoms with E-state index in [0.717, 1.165) is 17.7 Å². The number of carbonyl (C=O) groups excluding carboxylic acids is 1. The van der Waals surface area contributed by atoms with Gasteiger partial charge in [-0.15, -0.1) is 0 Å². The molecule has 12 heteroatoms. The van der Waals surface area contributed by atoms with Crippen molar-refractivity contribution in [3.05, 3.63) is 69.0 Å². The number of β-amino-alcohol motifs (C(OH)–C–C–N with tert-alkyl or cyclic N) is 1. The average Bonchev–Trinajstić information content (AvgIpc) is 3.28. The number of aliphatic hydroxyl groups excluding tert-OH is 1. The maximum Gasteiger partial charge on any atom is 0.419 e. The number of likely N-dealkylation sites (tertiary alicyclic amines) is 1. The second-order valence-corrected chi connectivity index (χ2v) is 11.1. The Morgan fingerprint density at radius 3 is 2.36 bits per heavy atom. The normalized spacial score (nSPS) is 20.7. The lowest BCUT2D eigenvalue weighted by molar-refractivity contribution is -0.140. The van der Waals surface area contributed by atoms with Gasteiger partial charge in [-0.2, -0.15) is 13.2 Å². The SMILES string of the molecule is CN(Cc1ccc(C(F)(F)F)c(F)c1)CC1CN(C(=O)N2CCN(CCO)CC2)C[C@@H]1c1ccc(Cl)c(Cl)c1. The summed E-state index contributed by atoms with van der Waals surface area (Å²) in [5.74, 6) is -1.32. The van der Waals surface area contributed by atoms with Crippen molar-refractivity contribution in [2.75, 3.05) is 66.0 Å². The lowest BCUT2D eigenvalue weighted by Crippen LogP contribution is -2.52. The molecule has 2 atom stereocenters. The molecule has 2 amide bonds. The van der Waals surface area contributed by atoms with Crippen LogP contribution in [-0.4, -0.2) is 96.7 Å². The third-order valence-electron chi connectivity index (χ3n) is 7.48. The van der Waals surface area contributed by atoms with Crippen LogP contribution in [0.3, 0.4) is 0 Å². The molecule has 2 aliphatic heterocycles. The molecule has 0 spiro atoms. The van der Waals surface area contributed by atoms with Crippen molar-refractivity contribution in [3.8, 4) is 0 Å². The minimum atomic E-state index is -4.74. The van der Waals surface area contributed by atoms with E-state index in [9.17, 15) is 27.5 Å². The Labute approximate surface area is 235 Å². The second kappa shape index (κ2) is 12.6. The number of hydrogen-bond acceptors (Lipinski definition) is 4. The van der Waals surface area contributed by atoms with E-state index in [1.54, 1.807) is 6.07 Å². The Morgan fingerprint density at radius 2 is 1.74 bits per heavy atom. The van der Waals surface area contributed by atoms with Gasteiger partial charge in [-0.3, -0.25) is 4.90 Å². The molecule has 2 saturated heterocycles. The summed E-state index contributed by atoms with van der Waals surface area (Å²) in [6, 6.07) is 8.39. The summed E-state index contributed by atoms with van der Waals surface area (Å²) in [4.78, 5) is 21.1. The summed E-state index contributed by atoms with van der Waals surface area (Å²) in [5.41, 5.74) is 0.0999. The first-order chi connectivity index (χ1) is 18.5. The van der Waals surface area contributed by atoms with E-state index >= 15 is 0 Å². The molecule has 0 aliphatic carbocycles. The number of benzene rings is 2. The minimum absolute atomic E-state index is 0.00571. The van der Waals surface area contributed by atoms with E-state index in [4.69, 9.17) is 23.2 Å². The molecule has 214 valence electrons. The van der Waals surface area contributed by atoms with Gasteiger partial charge in [0.25, 0.3) is 0 Å². The molecule has 1 unspecified atom stereocenters. The Bertz CT molecular complexity index is 1160. The number of urea groups is 1. The summed E-state index contributed by atoms with van der Waals surface area (Å²) in [6.07, 6.45) is -4.74. The highest BCUT2D eigenvalue weighted by molar-refractivity contribution is 6.42. The van der Waals surface area contributed by atoms with E-state index in [2.05, 4.69) is 4.90 Å². The molecular formula is C27H32Cl2F4N4O2. The predicted octanol–water partition coefficient (Wildman–Crippen LogP) is 5.03. The topological polar surface area (TPSA) is 50.3 Å². The first kappa shape index (κ1) is 29.9. The van der Waals surface area contributed by atoms with Gasteiger partial charge in [0.2, 0.25) is 0 Å². The monoisotopic (exact) mass is 590 g/mol. The Morgan fingerprint density at radius 1 is 1.03 bits per heavy atom. The summed E-state index contributed by atoms with van der Waals surface area (Å²) in [7, 11) is 1.83. The van der Waals surface area contributed by atoms with Gasteiger partial charge >= 0.3 is 12.2 Å². The van der Waals surface area contributed by atoms with Crippen molar-refractivity contribution in [1.29, 1.82) is 0 Å². The highest BCUT2D eigenvalue weighted by Gasteiger charge is 2.39. The van der Waals surface area contributed by atoms with E-state index in [1.807, 2.05) is 33.9 Å². The zero-order valence-corrected chi connectivity index (χ0v) is 23.1. The van der Waals surface area contributed by atoms with E-state index in [1.165, 1.54) is 6.07 Å². The maximum absolute atomic E-state index is 14.1. The molecular weight excluding hydrogens is 559 g/mol. The van der Waals surface area contributed by atoms with Gasteiger partial charge in [0.05, 0.1) is 22.2 Å². The largest absolute Gasteiger partial charge is 0.419 e. The zero-order chi connectivity index (χ0) is 28.3. The van der Waals surface area contributed by atoms with Gasteiger partial charge in [-0.05, 0) is 48.4 Å². The third-order valence-corrected chi connectivity index (χ3v) is 8.22. The lowest BCUT2D eigenvalue weighted by Gasteiger charge is -2.36. The number of nitrogens with zero attached hydrogens (tertiary/aromatic N) is 4. The van der Waals surface area contributed by atoms with Crippen molar-refractivity contribution in [2.45, 2.75) is 18.6 Å². The smallest absolute Gasteiger partial charge is 0.395 e. The predicted molar refractivity (Wildman–Crippen MR) is 142 cm³/mol. The van der Waals surface area contributed by atoms with Gasteiger partial charge < -0.3 is 19.8 Å². The molecule has 0 saturated carbocycles. The number of hydrogen-bond donors (Lipinski definition) is 1. The maximum atomic E-state index is 14.1. The van der Waals surface area contributed by atoms with Crippen LogP contribution in [0.5, 0.6) is 0 Å². The molecule has 4 rings (SSSR count). The first-order valence-corrected chi connectivity index (χ1v) is 13.6. The van der Waals surface area contributed by atoms with Crippen molar-refractivity contribution < 1.29 is 27.5 Å². The van der Waals surface area contributed by atoms with Crippen molar-refractivity contribution in [3.63, 3.8) is 0 Å². The fourth-order valence-corrected chi connectivity index (χ4v) is 5.81. The van der Waals surface area contributed by atoms with Gasteiger partial charge in [-0.25, -0.2) is 9.18 Å². The number of rotatable bonds is 7. The summed E-state index contributed by atoms with van der Waals surface area (Å²) >= 11 is 12.4. The quantitative estimate of drug-likeness (QED) is 0.460. The standard InChI is InChI=1S/C27H32Cl2F4N4O2/c1-34(14-18-2-4-22(25(30)12-18)27(31,32)33)15-20-16-37(17-21(20)19-3-5-23(28)24(29)13-19)26(39)36-8-6-35(7-9-36)10-11-38/h2-5,12-13,20-21,38H,6-11,14-17H2,1H3/t20?,21-/m1/s1. The lowest BCUT2D eigenvalue weighted by atomic mass is 9.88. The van der Waals surface area contributed by atoms with Crippen LogP contribution in [0, 0.1) is 11.7 Å². The second-order valence-electron chi connectivity index (χ2n) is 10.3. The third kappa shape index (κ3) is 7.35. The zero-order valence-electron chi connectivity index (χ0n) is 21.6. The summed E-state index contributed by atoms with van der Waals surface area (Å²) in [5, 5.41) is 10.0. The highest BCUT2D eigenvalue weighted by Crippen LogP contribution is 2.37. The van der Waals surface area contributed by atoms with E-state index in [0.29, 0.717) is 68.0 Å². The van der Waals surface area contributed by atoms with Crippen LogP contribution in [0.2, 0.25) is 10.0 Å². The van der Waals surface area contributed by atoms with Crippen LogP contribution < -0.4 is 0 Å². The molecule has 6 nitrogen and oxygen atoms in total. The number of carbonyl (C=O) groups is 1. The first-order valence-electron chi connectivity index (χ1n) is 12.8. The van der Waals surface area contributed by atoms with Crippen LogP contribution in [0.4, 0.5) is 22.4 Å². The molecule has 0 aromatic heterocycles. The fourth-order valence-electron chi connectivity index (χ4n) is 5.50. The molecule has 2 aromatic carbocycles. The molecule has 2 fully saturated rings. The minimum Gasteiger partial charge on any atom is -0.395 e. The van der Waals surface area contributed by atoms with Crippen LogP contribution in [-0.2, 0) is 12.7 Å². The van der Waals surface area contributed by atoms with Crippen molar-refractivity contribution in [2.24, 2.45) is 5.92 Å². The van der Waals surface area contributed by atoms with Gasteiger partial charge in [0.15, 0.2) is 0 Å².